The van der Waals surface area contributed by atoms with Crippen molar-refractivity contribution in [2.45, 2.75) is 20.3 Å². The van der Waals surface area contributed by atoms with Gasteiger partial charge in [0, 0.05) is 29.1 Å². The van der Waals surface area contributed by atoms with Crippen molar-refractivity contribution in [2.75, 3.05) is 0 Å². The van der Waals surface area contributed by atoms with Gasteiger partial charge < -0.3 is 4.98 Å². The number of H-pyrrole nitrogens is 1. The molecule has 124 valence electrons. The van der Waals surface area contributed by atoms with E-state index < -0.39 is 5.41 Å². The molecule has 0 radical (unpaired) electrons. The second-order valence-corrected chi connectivity index (χ2v) is 7.27. The fourth-order valence-electron chi connectivity index (χ4n) is 3.45. The third-order valence-electron chi connectivity index (χ3n) is 4.86. The molecule has 0 amide bonds. The van der Waals surface area contributed by atoms with Gasteiger partial charge in [0.25, 0.3) is 0 Å². The Morgan fingerprint density at radius 1 is 0.880 bits per heavy atom. The van der Waals surface area contributed by atoms with Gasteiger partial charge in [0.15, 0.2) is 11.6 Å². The van der Waals surface area contributed by atoms with E-state index >= 15 is 0 Å². The fourth-order valence-corrected chi connectivity index (χ4v) is 3.45. The van der Waals surface area contributed by atoms with Crippen LogP contribution in [0.25, 0.3) is 27.6 Å². The SMILES string of the molecule is CC1(C)CC(=O)C=C(c2ccc(-c3ccc4[nH]ccc4c3)cc2)C1=O. The summed E-state index contributed by atoms with van der Waals surface area (Å²) in [5, 5.41) is 1.17. The molecular weight excluding hydrogens is 310 g/mol. The van der Waals surface area contributed by atoms with E-state index in [2.05, 4.69) is 23.2 Å². The molecule has 1 aliphatic carbocycles. The number of hydrogen-bond acceptors (Lipinski definition) is 2. The van der Waals surface area contributed by atoms with Gasteiger partial charge in [-0.15, -0.1) is 0 Å². The average molecular weight is 329 g/mol. The quantitative estimate of drug-likeness (QED) is 0.735. The number of ketones is 2. The Labute approximate surface area is 146 Å². The number of fused-ring (bicyclic) bond motifs is 1. The van der Waals surface area contributed by atoms with Crippen LogP contribution in [-0.4, -0.2) is 16.6 Å². The molecule has 25 heavy (non-hydrogen) atoms. The van der Waals surface area contributed by atoms with E-state index in [0.717, 1.165) is 22.2 Å². The van der Waals surface area contributed by atoms with Gasteiger partial charge in [0.1, 0.15) is 0 Å². The lowest BCUT2D eigenvalue weighted by Crippen LogP contribution is -2.31. The molecule has 0 saturated carbocycles. The van der Waals surface area contributed by atoms with Gasteiger partial charge in [-0.2, -0.15) is 0 Å². The zero-order valence-corrected chi connectivity index (χ0v) is 14.3. The summed E-state index contributed by atoms with van der Waals surface area (Å²) in [7, 11) is 0. The molecule has 0 fully saturated rings. The Kier molecular flexibility index (Phi) is 3.46. The average Bonchev–Trinajstić information content (AvgIpc) is 3.05. The second kappa shape index (κ2) is 5.55. The molecule has 3 heteroatoms. The number of aromatic nitrogens is 1. The summed E-state index contributed by atoms with van der Waals surface area (Å²) in [4.78, 5) is 27.8. The van der Waals surface area contributed by atoms with Crippen molar-refractivity contribution in [3.63, 3.8) is 0 Å². The number of nitrogens with one attached hydrogen (secondary N) is 1. The van der Waals surface area contributed by atoms with Gasteiger partial charge in [0.2, 0.25) is 0 Å². The summed E-state index contributed by atoms with van der Waals surface area (Å²) in [6.07, 6.45) is 3.70. The van der Waals surface area contributed by atoms with Crippen LogP contribution in [0.4, 0.5) is 0 Å². The zero-order valence-electron chi connectivity index (χ0n) is 14.3. The lowest BCUT2D eigenvalue weighted by molar-refractivity contribution is -0.127. The van der Waals surface area contributed by atoms with E-state index in [1.165, 1.54) is 11.5 Å². The predicted molar refractivity (Wildman–Crippen MR) is 100 cm³/mol. The van der Waals surface area contributed by atoms with E-state index in [1.54, 1.807) is 0 Å². The minimum Gasteiger partial charge on any atom is -0.361 e. The highest BCUT2D eigenvalue weighted by atomic mass is 16.1. The highest BCUT2D eigenvalue weighted by Crippen LogP contribution is 2.35. The predicted octanol–water partition coefficient (Wildman–Crippen LogP) is 4.79. The van der Waals surface area contributed by atoms with Crippen LogP contribution >= 0.6 is 0 Å². The number of Topliss-reactive ketones (excluding diaryl/α,β-unsaturated/α-hetero) is 1. The highest BCUT2D eigenvalue weighted by Gasteiger charge is 2.36. The smallest absolute Gasteiger partial charge is 0.169 e. The standard InChI is InChI=1S/C22H19NO2/c1-22(2)13-18(24)12-19(21(22)25)15-5-3-14(4-6-15)16-7-8-20-17(11-16)9-10-23-20/h3-12,23H,13H2,1-2H3. The van der Waals surface area contributed by atoms with E-state index in [9.17, 15) is 9.59 Å². The van der Waals surface area contributed by atoms with Crippen molar-refractivity contribution >= 4 is 28.0 Å². The van der Waals surface area contributed by atoms with Crippen molar-refractivity contribution in [3.05, 3.63) is 66.4 Å². The summed E-state index contributed by atoms with van der Waals surface area (Å²) < 4.78 is 0. The monoisotopic (exact) mass is 329 g/mol. The Hall–Kier alpha value is -2.94. The molecule has 0 bridgehead atoms. The molecule has 1 heterocycles. The summed E-state index contributed by atoms with van der Waals surface area (Å²) in [6, 6.07) is 16.2. The molecule has 1 N–H and O–H groups in total. The topological polar surface area (TPSA) is 49.9 Å². The maximum absolute atomic E-state index is 12.6. The van der Waals surface area contributed by atoms with Crippen LogP contribution in [0.2, 0.25) is 0 Å². The number of benzene rings is 2. The first-order valence-corrected chi connectivity index (χ1v) is 8.41. The molecule has 0 atom stereocenters. The molecule has 3 aromatic rings. The van der Waals surface area contributed by atoms with Gasteiger partial charge in [-0.05, 0) is 46.4 Å². The van der Waals surface area contributed by atoms with Crippen LogP contribution in [0.3, 0.4) is 0 Å². The number of rotatable bonds is 2. The van der Waals surface area contributed by atoms with E-state index in [-0.39, 0.29) is 18.0 Å². The third-order valence-corrected chi connectivity index (χ3v) is 4.86. The minimum atomic E-state index is -0.626. The molecule has 2 aromatic carbocycles. The number of carbonyl (C=O) groups excluding carboxylic acids is 2. The number of carbonyl (C=O) groups is 2. The van der Waals surface area contributed by atoms with Crippen LogP contribution in [0.1, 0.15) is 25.8 Å². The lowest BCUT2D eigenvalue weighted by atomic mass is 9.74. The first-order chi connectivity index (χ1) is 11.9. The van der Waals surface area contributed by atoms with Crippen molar-refractivity contribution in [2.24, 2.45) is 5.41 Å². The Morgan fingerprint density at radius 2 is 1.56 bits per heavy atom. The van der Waals surface area contributed by atoms with Crippen LogP contribution in [-0.2, 0) is 9.59 Å². The summed E-state index contributed by atoms with van der Waals surface area (Å²) in [6.45, 7) is 3.67. The van der Waals surface area contributed by atoms with Crippen LogP contribution in [0.5, 0.6) is 0 Å². The maximum atomic E-state index is 12.6. The first kappa shape index (κ1) is 15.6. The first-order valence-electron chi connectivity index (χ1n) is 8.41. The zero-order chi connectivity index (χ0) is 17.6. The van der Waals surface area contributed by atoms with Gasteiger partial charge in [-0.25, -0.2) is 0 Å². The number of hydrogen-bond donors (Lipinski definition) is 1. The van der Waals surface area contributed by atoms with Crippen molar-refractivity contribution in [1.29, 1.82) is 0 Å². The molecule has 0 unspecified atom stereocenters. The molecular formula is C22H19NO2. The van der Waals surface area contributed by atoms with Gasteiger partial charge in [-0.3, -0.25) is 9.59 Å². The molecule has 0 aliphatic heterocycles. The van der Waals surface area contributed by atoms with Crippen LogP contribution in [0.15, 0.2) is 60.8 Å². The van der Waals surface area contributed by atoms with Crippen LogP contribution in [0, 0.1) is 5.41 Å². The molecule has 1 aliphatic rings. The van der Waals surface area contributed by atoms with Crippen LogP contribution < -0.4 is 0 Å². The summed E-state index contributed by atoms with van der Waals surface area (Å²) in [5.41, 5.74) is 4.02. The Morgan fingerprint density at radius 3 is 2.32 bits per heavy atom. The van der Waals surface area contributed by atoms with E-state index in [4.69, 9.17) is 0 Å². The summed E-state index contributed by atoms with van der Waals surface area (Å²) >= 11 is 0. The summed E-state index contributed by atoms with van der Waals surface area (Å²) in [5.74, 6) is 0.0511. The second-order valence-electron chi connectivity index (χ2n) is 7.27. The molecule has 3 nitrogen and oxygen atoms in total. The highest BCUT2D eigenvalue weighted by molar-refractivity contribution is 6.30. The van der Waals surface area contributed by atoms with Crippen molar-refractivity contribution < 1.29 is 9.59 Å². The van der Waals surface area contributed by atoms with Gasteiger partial charge in [-0.1, -0.05) is 44.2 Å². The molecule has 1 aromatic heterocycles. The van der Waals surface area contributed by atoms with Crippen molar-refractivity contribution in [1.82, 2.24) is 4.98 Å². The van der Waals surface area contributed by atoms with Crippen molar-refractivity contribution in [3.8, 4) is 11.1 Å². The van der Waals surface area contributed by atoms with Gasteiger partial charge in [0.05, 0.1) is 0 Å². The van der Waals surface area contributed by atoms with E-state index in [0.29, 0.717) is 5.57 Å². The van der Waals surface area contributed by atoms with Gasteiger partial charge >= 0.3 is 0 Å². The maximum Gasteiger partial charge on any atom is 0.169 e. The Balaban J connectivity index is 1.70. The fraction of sp³-hybridized carbons (Fsp3) is 0.182. The number of allylic oxidation sites excluding steroid dienone is 2. The molecule has 4 rings (SSSR count). The third kappa shape index (κ3) is 2.72. The molecule has 0 spiro atoms. The lowest BCUT2D eigenvalue weighted by Gasteiger charge is -2.27. The number of aromatic amines is 1. The largest absolute Gasteiger partial charge is 0.361 e. The normalized spacial score (nSPS) is 17.0. The Bertz CT molecular complexity index is 1020. The van der Waals surface area contributed by atoms with E-state index in [1.807, 2.05) is 50.4 Å². The molecule has 0 saturated heterocycles. The minimum absolute atomic E-state index is 0.0154.